The summed E-state index contributed by atoms with van der Waals surface area (Å²) < 4.78 is 39.5. The van der Waals surface area contributed by atoms with Crippen molar-refractivity contribution in [3.8, 4) is 39.8 Å². The van der Waals surface area contributed by atoms with E-state index >= 15 is 0 Å². The van der Waals surface area contributed by atoms with Crippen LogP contribution in [0.1, 0.15) is 63.6 Å². The highest BCUT2D eigenvalue weighted by Gasteiger charge is 2.40. The fourth-order valence-corrected chi connectivity index (χ4v) is 7.64. The molecule has 0 bridgehead atoms. The SMILES string of the molecule is COc1c(-c2cccnc2)c([C@@H](C)N2C(=O)c3ccccc3C2=O)nc2ccc(F)cc12.COc1c(-c2cccnc2)c([C@@H](C)Nc2ncnc(N)c2C#N)nc2ccc(F)cc12. The average Bonchev–Trinajstić information content (AvgIpc) is 3.56. The van der Waals surface area contributed by atoms with Gasteiger partial charge in [0.25, 0.3) is 11.8 Å². The maximum atomic E-state index is 14.1. The molecule has 9 rings (SSSR count). The molecule has 0 spiro atoms. The van der Waals surface area contributed by atoms with Gasteiger partial charge in [-0.2, -0.15) is 5.26 Å². The van der Waals surface area contributed by atoms with Crippen LogP contribution in [0.2, 0.25) is 0 Å². The summed E-state index contributed by atoms with van der Waals surface area (Å²) >= 11 is 0. The highest BCUT2D eigenvalue weighted by Crippen LogP contribution is 2.44. The Bertz CT molecular complexity index is 3080. The number of aromatic nitrogens is 6. The molecule has 14 nitrogen and oxygen atoms in total. The Morgan fingerprint density at radius 2 is 1.25 bits per heavy atom. The van der Waals surface area contributed by atoms with Gasteiger partial charge in [0.2, 0.25) is 0 Å². The minimum atomic E-state index is -0.707. The first-order valence-corrected chi connectivity index (χ1v) is 19.4. The molecule has 0 saturated carbocycles. The Labute approximate surface area is 359 Å². The van der Waals surface area contributed by atoms with Gasteiger partial charge in [-0.25, -0.2) is 28.7 Å². The van der Waals surface area contributed by atoms with Crippen molar-refractivity contribution in [1.29, 1.82) is 5.26 Å². The summed E-state index contributed by atoms with van der Waals surface area (Å²) in [5, 5.41) is 13.7. The third-order valence-electron chi connectivity index (χ3n) is 10.5. The monoisotopic (exact) mass is 842 g/mol. The van der Waals surface area contributed by atoms with Crippen molar-refractivity contribution in [2.24, 2.45) is 0 Å². The molecular formula is C47H36F2N10O4. The molecule has 63 heavy (non-hydrogen) atoms. The molecule has 0 aliphatic carbocycles. The first kappa shape index (κ1) is 41.3. The molecule has 0 radical (unpaired) electrons. The number of nitrogen functional groups attached to an aromatic ring is 1. The molecule has 0 unspecified atom stereocenters. The zero-order chi connectivity index (χ0) is 44.4. The molecule has 8 aromatic rings. The molecule has 3 N–H and O–H groups in total. The lowest BCUT2D eigenvalue weighted by Gasteiger charge is -2.26. The lowest BCUT2D eigenvalue weighted by molar-refractivity contribution is 0.0592. The van der Waals surface area contributed by atoms with Crippen LogP contribution in [0.4, 0.5) is 20.4 Å². The lowest BCUT2D eigenvalue weighted by atomic mass is 9.97. The number of nitrogens with zero attached hydrogens (tertiary/aromatic N) is 8. The molecule has 312 valence electrons. The quantitative estimate of drug-likeness (QED) is 0.131. The topological polar surface area (TPSA) is 195 Å². The number of carbonyl (C=O) groups is 2. The zero-order valence-electron chi connectivity index (χ0n) is 34.2. The van der Waals surface area contributed by atoms with E-state index < -0.39 is 23.7 Å². The summed E-state index contributed by atoms with van der Waals surface area (Å²) in [6, 6.07) is 23.5. The number of nitrogens with one attached hydrogen (secondary N) is 1. The number of benzene rings is 3. The maximum Gasteiger partial charge on any atom is 0.262 e. The third kappa shape index (κ3) is 7.63. The van der Waals surface area contributed by atoms with Crippen LogP contribution in [-0.2, 0) is 0 Å². The van der Waals surface area contributed by atoms with Crippen LogP contribution >= 0.6 is 0 Å². The van der Waals surface area contributed by atoms with Crippen molar-refractivity contribution in [3.63, 3.8) is 0 Å². The van der Waals surface area contributed by atoms with Crippen LogP contribution in [0.3, 0.4) is 0 Å². The number of amides is 2. The van der Waals surface area contributed by atoms with Gasteiger partial charge in [-0.3, -0.25) is 24.5 Å². The molecular weight excluding hydrogens is 807 g/mol. The van der Waals surface area contributed by atoms with Gasteiger partial charge < -0.3 is 20.5 Å². The van der Waals surface area contributed by atoms with Crippen LogP contribution < -0.4 is 20.5 Å². The molecule has 1 aliphatic rings. The first-order chi connectivity index (χ1) is 30.5. The van der Waals surface area contributed by atoms with Gasteiger partial charge in [-0.05, 0) is 74.5 Å². The predicted octanol–water partition coefficient (Wildman–Crippen LogP) is 8.66. The number of fused-ring (bicyclic) bond motifs is 3. The van der Waals surface area contributed by atoms with E-state index in [9.17, 15) is 23.6 Å². The number of methoxy groups -OCH3 is 2. The number of hydrogen-bond acceptors (Lipinski definition) is 13. The number of ether oxygens (including phenoxy) is 2. The summed E-state index contributed by atoms with van der Waals surface area (Å²) in [7, 11) is 3.02. The Morgan fingerprint density at radius 1 is 0.730 bits per heavy atom. The van der Waals surface area contributed by atoms with Crippen molar-refractivity contribution >= 4 is 45.3 Å². The van der Waals surface area contributed by atoms with Gasteiger partial charge >= 0.3 is 0 Å². The van der Waals surface area contributed by atoms with Gasteiger partial charge in [-0.15, -0.1) is 0 Å². The number of halogens is 2. The smallest absolute Gasteiger partial charge is 0.262 e. The largest absolute Gasteiger partial charge is 0.495 e. The van der Waals surface area contributed by atoms with Crippen LogP contribution in [0.5, 0.6) is 11.5 Å². The molecule has 1 aliphatic heterocycles. The number of carbonyl (C=O) groups excluding carboxylic acids is 2. The number of rotatable bonds is 9. The Hall–Kier alpha value is -8.45. The van der Waals surface area contributed by atoms with Crippen LogP contribution in [0.25, 0.3) is 44.1 Å². The third-order valence-corrected chi connectivity index (χ3v) is 10.5. The predicted molar refractivity (Wildman–Crippen MR) is 232 cm³/mol. The second kappa shape index (κ2) is 17.3. The van der Waals surface area contributed by atoms with Crippen molar-refractivity contribution < 1.29 is 27.8 Å². The second-order valence-corrected chi connectivity index (χ2v) is 14.3. The van der Waals surface area contributed by atoms with E-state index in [-0.39, 0.29) is 23.2 Å². The van der Waals surface area contributed by atoms with Crippen molar-refractivity contribution in [3.05, 3.63) is 156 Å². The second-order valence-electron chi connectivity index (χ2n) is 14.3. The highest BCUT2D eigenvalue weighted by molar-refractivity contribution is 6.21. The highest BCUT2D eigenvalue weighted by atomic mass is 19.1. The standard InChI is InChI=1S/C25H18FN3O3.C22H18FN7O/c1-14(29-24(30)17-7-3-4-8-18(17)25(29)31)22-21(15-6-5-11-27-13-15)23(32-2)19-12-16(26)9-10-20(19)28-22;1-12(29-22-16(9-24)21(25)27-11-28-22)19-18(13-4-3-7-26-10-13)20(31-2)15-8-14(23)5-6-17(15)30-19/h3-14H,1-2H3;3-8,10-12H,1-2H3,(H3,25,27,28,29)/t14-;12-/m11/s1. The van der Waals surface area contributed by atoms with Crippen LogP contribution in [0, 0.1) is 23.0 Å². The fourth-order valence-electron chi connectivity index (χ4n) is 7.64. The van der Waals surface area contributed by atoms with Crippen molar-refractivity contribution in [2.45, 2.75) is 25.9 Å². The molecule has 6 heterocycles. The summed E-state index contributed by atoms with van der Waals surface area (Å²) in [5.74, 6) is -0.316. The Kier molecular flexibility index (Phi) is 11.3. The number of nitriles is 1. The molecule has 0 saturated heterocycles. The summed E-state index contributed by atoms with van der Waals surface area (Å²) in [6.07, 6.45) is 7.91. The van der Waals surface area contributed by atoms with Gasteiger partial charge in [-0.1, -0.05) is 24.3 Å². The average molecular weight is 843 g/mol. The number of hydrogen-bond donors (Lipinski definition) is 2. The molecule has 2 amide bonds. The van der Waals surface area contributed by atoms with Gasteiger partial charge in [0, 0.05) is 57.8 Å². The van der Waals surface area contributed by atoms with E-state index in [1.165, 1.54) is 49.7 Å². The lowest BCUT2D eigenvalue weighted by Crippen LogP contribution is -2.33. The Morgan fingerprint density at radius 3 is 1.75 bits per heavy atom. The molecule has 2 atom stereocenters. The maximum absolute atomic E-state index is 14.1. The number of imide groups is 1. The summed E-state index contributed by atoms with van der Waals surface area (Å²) in [6.45, 7) is 3.62. The van der Waals surface area contributed by atoms with E-state index in [1.54, 1.807) is 80.2 Å². The first-order valence-electron chi connectivity index (χ1n) is 19.4. The molecule has 5 aromatic heterocycles. The summed E-state index contributed by atoms with van der Waals surface area (Å²) in [4.78, 5) is 53.4. The fraction of sp³-hybridized carbons (Fsp3) is 0.128. The number of nitrogens with two attached hydrogens (primary N) is 1. The van der Waals surface area contributed by atoms with Crippen molar-refractivity contribution in [2.75, 3.05) is 25.3 Å². The minimum absolute atomic E-state index is 0.0826. The summed E-state index contributed by atoms with van der Waals surface area (Å²) in [5.41, 5.74) is 11.5. The molecule has 0 fully saturated rings. The van der Waals surface area contributed by atoms with Gasteiger partial charge in [0.05, 0.1) is 59.9 Å². The molecule has 3 aromatic carbocycles. The van der Waals surface area contributed by atoms with Crippen molar-refractivity contribution in [1.82, 2.24) is 34.8 Å². The van der Waals surface area contributed by atoms with Crippen LogP contribution in [-0.4, -0.2) is 60.8 Å². The van der Waals surface area contributed by atoms with E-state index in [2.05, 4.69) is 25.3 Å². The van der Waals surface area contributed by atoms with E-state index in [1.807, 2.05) is 25.1 Å². The molecule has 16 heteroatoms. The number of anilines is 2. The number of pyridine rings is 4. The van der Waals surface area contributed by atoms with E-state index in [4.69, 9.17) is 25.2 Å². The van der Waals surface area contributed by atoms with Gasteiger partial charge in [0.1, 0.15) is 52.7 Å². The van der Waals surface area contributed by atoms with E-state index in [0.29, 0.717) is 78.3 Å². The Balaban J connectivity index is 0.000000173. The van der Waals surface area contributed by atoms with Crippen LogP contribution in [0.15, 0.2) is 116 Å². The normalized spacial score (nSPS) is 12.9. The van der Waals surface area contributed by atoms with E-state index in [0.717, 1.165) is 5.56 Å². The zero-order valence-corrected chi connectivity index (χ0v) is 34.2. The minimum Gasteiger partial charge on any atom is -0.495 e. The van der Waals surface area contributed by atoms with Gasteiger partial charge in [0.15, 0.2) is 0 Å².